The predicted molar refractivity (Wildman–Crippen MR) is 262 cm³/mol. The number of hydrogen-bond acceptors (Lipinski definition) is 23. The third-order valence-corrected chi connectivity index (χ3v) is 20.4. The zero-order valence-electron chi connectivity index (χ0n) is 44.8. The molecule has 0 bridgehead atoms. The number of allylic oxidation sites excluding steroid dienone is 2. The van der Waals surface area contributed by atoms with E-state index in [1.165, 1.54) is 0 Å². The van der Waals surface area contributed by atoms with E-state index in [1.54, 1.807) is 0 Å². The summed E-state index contributed by atoms with van der Waals surface area (Å²) in [4.78, 5) is 0. The van der Waals surface area contributed by atoms with Crippen LogP contribution in [0.25, 0.3) is 0 Å². The zero-order chi connectivity index (χ0) is 55.7. The fraction of sp³-hybridized carbons (Fsp3) is 0.962. The molecule has 0 amide bonds. The van der Waals surface area contributed by atoms with E-state index in [1.807, 2.05) is 13.8 Å². The molecule has 8 aliphatic rings. The molecule has 8 fully saturated rings. The Balaban J connectivity index is 0.993. The van der Waals surface area contributed by atoms with Gasteiger partial charge in [0.2, 0.25) is 0 Å². The molecule has 0 aromatic rings. The predicted octanol–water partition coefficient (Wildman–Crippen LogP) is -2.59. The second-order valence-electron chi connectivity index (χ2n) is 25.1. The molecule has 15 N–H and O–H groups in total. The molecule has 76 heavy (non-hydrogen) atoms. The van der Waals surface area contributed by atoms with Gasteiger partial charge in [-0.25, -0.2) is 0 Å². The zero-order valence-corrected chi connectivity index (χ0v) is 44.8. The molecule has 440 valence electrons. The molecule has 0 aromatic carbocycles. The highest BCUT2D eigenvalue weighted by Gasteiger charge is 2.71. The first kappa shape index (κ1) is 60.9. The Labute approximate surface area is 444 Å². The van der Waals surface area contributed by atoms with E-state index < -0.39 is 178 Å². The molecule has 0 unspecified atom stereocenters. The van der Waals surface area contributed by atoms with Crippen molar-refractivity contribution in [3.63, 3.8) is 0 Å². The van der Waals surface area contributed by atoms with Crippen LogP contribution in [-0.2, 0) is 37.9 Å². The second kappa shape index (κ2) is 23.6. The molecule has 0 aromatic heterocycles. The molecule has 4 saturated heterocycles. The van der Waals surface area contributed by atoms with Gasteiger partial charge in [0.25, 0.3) is 0 Å². The first-order chi connectivity index (χ1) is 35.7. The maximum Gasteiger partial charge on any atom is 0.187 e. The monoisotopic (exact) mass is 1090 g/mol. The SMILES string of the molecule is CC(C)=CCC[C@H](O[C@@H]1O[C@H](CO[C@@H]2O[C@H](CO)[C@@H](O)[C@H](O)[C@H]2O)[C@@H](O)[C@H](O)[C@H]1O)[C@H]1CC[C@]2(C)[C@@H]1[C@H](O)C[C@@H]1[C@@]3(C)CC[C@H](O[C@@H]4O[C@H](CO)[C@@H](O)[C@H](O)[C@H]4O[C@@H]4O[C@H](CO)[C@@H](O)[C@H](O)[C@H]4O)C(C)(C)[C@@H]3CC[C@]12C. The Morgan fingerprint density at radius 1 is 0.539 bits per heavy atom. The van der Waals surface area contributed by atoms with Gasteiger partial charge in [-0.3, -0.25) is 0 Å². The van der Waals surface area contributed by atoms with Crippen LogP contribution >= 0.6 is 0 Å². The fourth-order valence-electron chi connectivity index (χ4n) is 15.9. The van der Waals surface area contributed by atoms with Gasteiger partial charge in [0.15, 0.2) is 25.2 Å². The first-order valence-corrected chi connectivity index (χ1v) is 27.5. The van der Waals surface area contributed by atoms with Crippen LogP contribution in [0.5, 0.6) is 0 Å². The van der Waals surface area contributed by atoms with Crippen molar-refractivity contribution in [1.82, 2.24) is 0 Å². The first-order valence-electron chi connectivity index (χ1n) is 27.5. The number of rotatable bonds is 16. The molecular formula is C53H90O23. The summed E-state index contributed by atoms with van der Waals surface area (Å²) in [6, 6.07) is 0. The third kappa shape index (κ3) is 10.8. The topological polar surface area (TPSA) is 377 Å². The molecule has 4 aliphatic heterocycles. The van der Waals surface area contributed by atoms with Crippen molar-refractivity contribution < 1.29 is 114 Å². The average molecular weight is 1100 g/mol. The van der Waals surface area contributed by atoms with E-state index in [-0.39, 0.29) is 34.5 Å². The van der Waals surface area contributed by atoms with Crippen LogP contribution in [0.3, 0.4) is 0 Å². The lowest BCUT2D eigenvalue weighted by atomic mass is 9.35. The second-order valence-corrected chi connectivity index (χ2v) is 25.1. The summed E-state index contributed by atoms with van der Waals surface area (Å²) >= 11 is 0. The number of aliphatic hydroxyl groups is 15. The molecule has 0 spiro atoms. The highest BCUT2D eigenvalue weighted by atomic mass is 16.8. The third-order valence-electron chi connectivity index (χ3n) is 20.4. The summed E-state index contributed by atoms with van der Waals surface area (Å²) in [5, 5.41) is 161. The van der Waals surface area contributed by atoms with Gasteiger partial charge in [-0.15, -0.1) is 0 Å². The van der Waals surface area contributed by atoms with Crippen LogP contribution < -0.4 is 0 Å². The van der Waals surface area contributed by atoms with E-state index in [9.17, 15) is 76.6 Å². The quantitative estimate of drug-likeness (QED) is 0.0557. The van der Waals surface area contributed by atoms with Crippen molar-refractivity contribution in [2.75, 3.05) is 26.4 Å². The Morgan fingerprint density at radius 3 is 1.64 bits per heavy atom. The van der Waals surface area contributed by atoms with Crippen molar-refractivity contribution >= 4 is 0 Å². The average Bonchev–Trinajstić information content (AvgIpc) is 3.92. The van der Waals surface area contributed by atoms with Gasteiger partial charge < -0.3 is 114 Å². The summed E-state index contributed by atoms with van der Waals surface area (Å²) in [5.74, 6) is -0.371. The van der Waals surface area contributed by atoms with E-state index in [4.69, 9.17) is 37.9 Å². The van der Waals surface area contributed by atoms with Crippen LogP contribution in [0.1, 0.15) is 106 Å². The van der Waals surface area contributed by atoms with Gasteiger partial charge in [-0.1, -0.05) is 46.3 Å². The molecule has 4 saturated carbocycles. The van der Waals surface area contributed by atoms with E-state index in [0.29, 0.717) is 38.5 Å². The largest absolute Gasteiger partial charge is 0.394 e. The van der Waals surface area contributed by atoms with Crippen LogP contribution in [0.4, 0.5) is 0 Å². The number of aliphatic hydroxyl groups excluding tert-OH is 15. The fourth-order valence-corrected chi connectivity index (χ4v) is 15.9. The number of hydrogen-bond donors (Lipinski definition) is 15. The Kier molecular flexibility index (Phi) is 18.9. The van der Waals surface area contributed by atoms with Gasteiger partial charge in [0.1, 0.15) is 97.7 Å². The van der Waals surface area contributed by atoms with Crippen molar-refractivity contribution in [1.29, 1.82) is 0 Å². The summed E-state index contributed by atoms with van der Waals surface area (Å²) in [7, 11) is 0. The maximum absolute atomic E-state index is 12.7. The minimum Gasteiger partial charge on any atom is -0.394 e. The van der Waals surface area contributed by atoms with Gasteiger partial charge in [-0.05, 0) is 117 Å². The molecule has 4 heterocycles. The van der Waals surface area contributed by atoms with Crippen LogP contribution in [-0.4, -0.2) is 244 Å². The Bertz CT molecular complexity index is 1940. The van der Waals surface area contributed by atoms with Crippen molar-refractivity contribution in [2.24, 2.45) is 45.3 Å². The summed E-state index contributed by atoms with van der Waals surface area (Å²) in [6.07, 6.45) is -25.5. The highest BCUT2D eigenvalue weighted by Crippen LogP contribution is 2.75. The summed E-state index contributed by atoms with van der Waals surface area (Å²) in [6.45, 7) is 12.6. The number of fused-ring (bicyclic) bond motifs is 5. The van der Waals surface area contributed by atoms with Crippen LogP contribution in [0, 0.1) is 45.3 Å². The lowest BCUT2D eigenvalue weighted by molar-refractivity contribution is -0.378. The Morgan fingerprint density at radius 2 is 1.05 bits per heavy atom. The van der Waals surface area contributed by atoms with E-state index >= 15 is 0 Å². The Hall–Kier alpha value is -1.18. The van der Waals surface area contributed by atoms with Crippen molar-refractivity contribution in [3.05, 3.63) is 11.6 Å². The molecule has 23 heteroatoms. The van der Waals surface area contributed by atoms with Crippen molar-refractivity contribution in [2.45, 2.75) is 247 Å². The molecular weight excluding hydrogens is 1000 g/mol. The smallest absolute Gasteiger partial charge is 0.187 e. The van der Waals surface area contributed by atoms with E-state index in [2.05, 4.69) is 40.7 Å². The summed E-state index contributed by atoms with van der Waals surface area (Å²) < 4.78 is 48.6. The minimum atomic E-state index is -1.82. The van der Waals surface area contributed by atoms with Gasteiger partial charge in [-0.2, -0.15) is 0 Å². The van der Waals surface area contributed by atoms with Gasteiger partial charge in [0, 0.05) is 0 Å². The highest BCUT2D eigenvalue weighted by molar-refractivity contribution is 5.20. The normalized spacial score (nSPS) is 52.8. The van der Waals surface area contributed by atoms with Gasteiger partial charge >= 0.3 is 0 Å². The lowest BCUT2D eigenvalue weighted by Crippen LogP contribution is -2.67. The minimum absolute atomic E-state index is 0.0448. The van der Waals surface area contributed by atoms with Crippen LogP contribution in [0.2, 0.25) is 0 Å². The van der Waals surface area contributed by atoms with Crippen molar-refractivity contribution in [3.8, 4) is 0 Å². The number of ether oxygens (including phenoxy) is 8. The molecule has 8 rings (SSSR count). The maximum atomic E-state index is 12.7. The lowest BCUT2D eigenvalue weighted by Gasteiger charge is -2.70. The summed E-state index contributed by atoms with van der Waals surface area (Å²) in [5.41, 5.74) is -0.455. The molecule has 30 atom stereocenters. The van der Waals surface area contributed by atoms with E-state index in [0.717, 1.165) is 24.8 Å². The van der Waals surface area contributed by atoms with Crippen LogP contribution in [0.15, 0.2) is 11.6 Å². The molecule has 4 aliphatic carbocycles. The molecule has 0 radical (unpaired) electrons. The standard InChI is InChI=1S/C53H90O23/c1-22(2)9-8-10-25(70-47-43(67)40(64)37(61)29(74-47)21-69-46-42(66)38(62)34(58)26(18-54)71-46)23-11-15-53(7)33(23)24(57)17-31-51(5)14-13-32(50(3,4)30(51)12-16-52(31,53)6)75-49-45(41(65)36(60)28(20-56)73-49)76-48-44(68)39(63)35(59)27(19-55)72-48/h9,23-49,54-68H,8,10-21H2,1-7H3/t23-,24-,25+,26-,27-,28-,29-,30+,31-,32+,33+,34-,35-,36-,37-,38+,39+,40+,41+,42-,43-,44-,45-,46-,47-,48+,49+,51+,52-,53-/m1/s1. The van der Waals surface area contributed by atoms with Gasteiger partial charge in [0.05, 0.1) is 44.7 Å². The molecule has 23 nitrogen and oxygen atoms in total.